The molecule has 0 saturated carbocycles. The third kappa shape index (κ3) is 6.73. The van der Waals surface area contributed by atoms with Crippen LogP contribution < -0.4 is 0 Å². The van der Waals surface area contributed by atoms with Crippen LogP contribution in [-0.4, -0.2) is 10.2 Å². The predicted molar refractivity (Wildman–Crippen MR) is 30.9 cm³/mol. The summed E-state index contributed by atoms with van der Waals surface area (Å²) in [7, 11) is 0. The molecule has 0 aliphatic rings. The Hall–Kier alpha value is 0.730. The molecule has 0 unspecified atom stereocenters. The Kier molecular flexibility index (Phi) is 3.32. The zero-order chi connectivity index (χ0) is 6.78. The number of rotatable bonds is 1. The highest BCUT2D eigenvalue weighted by molar-refractivity contribution is 6.67. The number of hydrogen-bond acceptors (Lipinski definition) is 0. The summed E-state index contributed by atoms with van der Waals surface area (Å²) in [6, 6.07) is 0. The molecule has 0 N–H and O–H groups in total. The highest BCUT2D eigenvalue weighted by Gasteiger charge is 2.24. The molecule has 0 aromatic rings. The van der Waals surface area contributed by atoms with Gasteiger partial charge in [-0.2, -0.15) is 0 Å². The highest BCUT2D eigenvalue weighted by atomic mass is 35.6. The molecule has 0 atom stereocenters. The fourth-order valence-electron chi connectivity index (χ4n) is 0.175. The molecular formula is C3H3Cl3F2. The summed E-state index contributed by atoms with van der Waals surface area (Å²) in [6.45, 7) is 0. The quantitative estimate of drug-likeness (QED) is 0.548. The van der Waals surface area contributed by atoms with Crippen molar-refractivity contribution in [3.8, 4) is 0 Å². The van der Waals surface area contributed by atoms with Gasteiger partial charge in [-0.1, -0.05) is 34.8 Å². The summed E-state index contributed by atoms with van der Waals surface area (Å²) < 4.78 is 20.7. The van der Waals surface area contributed by atoms with E-state index in [1.165, 1.54) is 0 Å². The zero-order valence-corrected chi connectivity index (χ0v) is 5.94. The summed E-state index contributed by atoms with van der Waals surface area (Å²) >= 11 is 14.9. The zero-order valence-electron chi connectivity index (χ0n) is 3.67. The van der Waals surface area contributed by atoms with E-state index < -0.39 is 16.6 Å². The van der Waals surface area contributed by atoms with Gasteiger partial charge in [0, 0.05) is 0 Å². The molecule has 0 rings (SSSR count). The molecule has 0 nitrogen and oxygen atoms in total. The third-order valence-corrected chi connectivity index (χ3v) is 0.849. The minimum Gasteiger partial charge on any atom is -0.210 e. The Balaban J connectivity index is 3.39. The minimum atomic E-state index is -2.55. The SMILES string of the molecule is FC(F)CC(Cl)(Cl)Cl. The molecule has 0 heterocycles. The van der Waals surface area contributed by atoms with Gasteiger partial charge >= 0.3 is 0 Å². The van der Waals surface area contributed by atoms with Crippen molar-refractivity contribution in [3.63, 3.8) is 0 Å². The summed E-state index contributed by atoms with van der Waals surface area (Å²) in [5, 5.41) is 0. The van der Waals surface area contributed by atoms with Crippen molar-refractivity contribution >= 4 is 34.8 Å². The van der Waals surface area contributed by atoms with Gasteiger partial charge in [-0.3, -0.25) is 0 Å². The van der Waals surface area contributed by atoms with Crippen LogP contribution in [-0.2, 0) is 0 Å². The van der Waals surface area contributed by atoms with Crippen molar-refractivity contribution in [1.82, 2.24) is 0 Å². The predicted octanol–water partition coefficient (Wildman–Crippen LogP) is 3.01. The van der Waals surface area contributed by atoms with Crippen LogP contribution in [0, 0.1) is 0 Å². The molecule has 0 radical (unpaired) electrons. The maximum Gasteiger partial charge on any atom is 0.242 e. The standard InChI is InChI=1S/C3H3Cl3F2/c4-3(5,6)1-2(7)8/h2H,1H2. The van der Waals surface area contributed by atoms with E-state index in [0.29, 0.717) is 0 Å². The largest absolute Gasteiger partial charge is 0.242 e. The van der Waals surface area contributed by atoms with Crippen LogP contribution in [0.4, 0.5) is 8.78 Å². The van der Waals surface area contributed by atoms with Crippen LogP contribution in [0.15, 0.2) is 0 Å². The first-order chi connectivity index (χ1) is 3.42. The topological polar surface area (TPSA) is 0 Å². The van der Waals surface area contributed by atoms with Crippen molar-refractivity contribution < 1.29 is 8.78 Å². The van der Waals surface area contributed by atoms with Gasteiger partial charge in [0.15, 0.2) is 3.79 Å². The summed E-state index contributed by atoms with van der Waals surface area (Å²) in [5.41, 5.74) is 0. The van der Waals surface area contributed by atoms with E-state index >= 15 is 0 Å². The molecule has 50 valence electrons. The fraction of sp³-hybridized carbons (Fsp3) is 1.00. The fourth-order valence-corrected chi connectivity index (χ4v) is 0.525. The normalized spacial score (nSPS) is 12.8. The van der Waals surface area contributed by atoms with E-state index in [-0.39, 0.29) is 0 Å². The van der Waals surface area contributed by atoms with E-state index in [9.17, 15) is 8.78 Å². The maximum absolute atomic E-state index is 11.3. The van der Waals surface area contributed by atoms with Gasteiger partial charge in [0.05, 0.1) is 6.42 Å². The molecule has 0 aromatic carbocycles. The third-order valence-electron chi connectivity index (χ3n) is 0.386. The van der Waals surface area contributed by atoms with E-state index in [4.69, 9.17) is 34.8 Å². The summed E-state index contributed by atoms with van der Waals surface area (Å²) in [5.74, 6) is 0. The molecule has 0 aliphatic heterocycles. The smallest absolute Gasteiger partial charge is 0.210 e. The van der Waals surface area contributed by atoms with Crippen molar-refractivity contribution in [1.29, 1.82) is 0 Å². The van der Waals surface area contributed by atoms with Crippen LogP contribution in [0.25, 0.3) is 0 Å². The van der Waals surface area contributed by atoms with Gasteiger partial charge in [0.2, 0.25) is 6.43 Å². The van der Waals surface area contributed by atoms with Gasteiger partial charge in [0.1, 0.15) is 0 Å². The monoisotopic (exact) mass is 182 g/mol. The Morgan fingerprint density at radius 1 is 1.25 bits per heavy atom. The average Bonchev–Trinajstić information content (AvgIpc) is 1.21. The first kappa shape index (κ1) is 8.73. The molecule has 5 heteroatoms. The average molecular weight is 183 g/mol. The van der Waals surface area contributed by atoms with Crippen LogP contribution in [0.3, 0.4) is 0 Å². The lowest BCUT2D eigenvalue weighted by atomic mass is 10.5. The minimum absolute atomic E-state index is 0.711. The molecule has 0 amide bonds. The van der Waals surface area contributed by atoms with E-state index in [1.54, 1.807) is 0 Å². The van der Waals surface area contributed by atoms with E-state index in [1.807, 2.05) is 0 Å². The Morgan fingerprint density at radius 3 is 1.62 bits per heavy atom. The van der Waals surface area contributed by atoms with Crippen LogP contribution in [0.5, 0.6) is 0 Å². The van der Waals surface area contributed by atoms with Crippen molar-refractivity contribution in [2.75, 3.05) is 0 Å². The van der Waals surface area contributed by atoms with Gasteiger partial charge in [-0.25, -0.2) is 8.78 Å². The van der Waals surface area contributed by atoms with Gasteiger partial charge in [-0.15, -0.1) is 0 Å². The lowest BCUT2D eigenvalue weighted by Crippen LogP contribution is -2.07. The molecule has 0 saturated heterocycles. The first-order valence-corrected chi connectivity index (χ1v) is 2.90. The lowest BCUT2D eigenvalue weighted by molar-refractivity contribution is 0.139. The first-order valence-electron chi connectivity index (χ1n) is 1.77. The molecule has 0 aliphatic carbocycles. The molecule has 0 bridgehead atoms. The summed E-state index contributed by atoms with van der Waals surface area (Å²) in [6.07, 6.45) is -3.26. The molecule has 8 heavy (non-hydrogen) atoms. The molecule has 0 fully saturated rings. The van der Waals surface area contributed by atoms with Gasteiger partial charge < -0.3 is 0 Å². The second-order valence-electron chi connectivity index (χ2n) is 1.21. The number of hydrogen-bond donors (Lipinski definition) is 0. The number of alkyl halides is 5. The highest BCUT2D eigenvalue weighted by Crippen LogP contribution is 2.32. The van der Waals surface area contributed by atoms with Crippen molar-refractivity contribution in [2.24, 2.45) is 0 Å². The van der Waals surface area contributed by atoms with Crippen molar-refractivity contribution in [3.05, 3.63) is 0 Å². The Morgan fingerprint density at radius 2 is 1.62 bits per heavy atom. The maximum atomic E-state index is 11.3. The van der Waals surface area contributed by atoms with E-state index in [0.717, 1.165) is 0 Å². The molecular weight excluding hydrogens is 180 g/mol. The van der Waals surface area contributed by atoms with Crippen LogP contribution in [0.1, 0.15) is 6.42 Å². The van der Waals surface area contributed by atoms with Crippen molar-refractivity contribution in [2.45, 2.75) is 16.6 Å². The van der Waals surface area contributed by atoms with Gasteiger partial charge in [0.25, 0.3) is 0 Å². The molecule has 0 spiro atoms. The second kappa shape index (κ2) is 3.04. The lowest BCUT2D eigenvalue weighted by Gasteiger charge is -2.07. The summed E-state index contributed by atoms with van der Waals surface area (Å²) in [4.78, 5) is 0. The second-order valence-corrected chi connectivity index (χ2v) is 3.73. The van der Waals surface area contributed by atoms with Crippen LogP contribution in [0.2, 0.25) is 0 Å². The van der Waals surface area contributed by atoms with Crippen LogP contribution >= 0.6 is 34.8 Å². The Labute approximate surface area is 60.7 Å². The number of halogens is 5. The molecule has 0 aromatic heterocycles. The Bertz CT molecular complexity index is 67.4. The van der Waals surface area contributed by atoms with E-state index in [2.05, 4.69) is 0 Å². The van der Waals surface area contributed by atoms with Gasteiger partial charge in [-0.05, 0) is 0 Å².